The first-order chi connectivity index (χ1) is 10.4. The molecule has 3 rings (SSSR count). The van der Waals surface area contributed by atoms with Gasteiger partial charge in [0.25, 0.3) is 0 Å². The molecular formula is C17H20BrF3S. The Bertz CT molecular complexity index is 602. The van der Waals surface area contributed by atoms with Crippen molar-refractivity contribution in [3.8, 4) is 0 Å². The van der Waals surface area contributed by atoms with E-state index in [-0.39, 0.29) is 5.92 Å². The third kappa shape index (κ3) is 2.44. The minimum absolute atomic E-state index is 0.0712. The van der Waals surface area contributed by atoms with Crippen molar-refractivity contribution in [2.45, 2.75) is 55.9 Å². The van der Waals surface area contributed by atoms with Gasteiger partial charge < -0.3 is 0 Å². The number of halogens is 4. The number of allylic oxidation sites excluding steroid dienone is 1. The quantitative estimate of drug-likeness (QED) is 0.499. The van der Waals surface area contributed by atoms with Crippen molar-refractivity contribution in [2.24, 2.45) is 5.92 Å². The summed E-state index contributed by atoms with van der Waals surface area (Å²) in [5.74, 6) is 0.0712. The molecule has 2 aliphatic rings. The minimum Gasteiger partial charge on any atom is -0.160 e. The normalized spacial score (nSPS) is 28.9. The molecule has 0 bridgehead atoms. The Morgan fingerprint density at radius 3 is 2.45 bits per heavy atom. The fourth-order valence-electron chi connectivity index (χ4n) is 3.65. The monoisotopic (exact) mass is 392 g/mol. The molecule has 0 N–H and O–H groups in total. The van der Waals surface area contributed by atoms with Gasteiger partial charge in [-0.2, -0.15) is 13.2 Å². The number of alkyl halides is 3. The van der Waals surface area contributed by atoms with Gasteiger partial charge in [0.15, 0.2) is 0 Å². The molecule has 0 aromatic heterocycles. The Labute approximate surface area is 138 Å². The number of hydrogen-bond acceptors (Lipinski definition) is 0. The van der Waals surface area contributed by atoms with Crippen molar-refractivity contribution in [2.75, 3.05) is 0 Å². The number of aryl methyl sites for hydroxylation is 1. The molecule has 1 aliphatic carbocycles. The number of hydrogen-bond donors (Lipinski definition) is 0. The molecule has 0 amide bonds. The predicted molar refractivity (Wildman–Crippen MR) is 91.2 cm³/mol. The summed E-state index contributed by atoms with van der Waals surface area (Å²) in [7, 11) is -3.08. The number of rotatable bonds is 2. The van der Waals surface area contributed by atoms with Crippen LogP contribution in [0.5, 0.6) is 0 Å². The van der Waals surface area contributed by atoms with Crippen LogP contribution in [0.3, 0.4) is 0 Å². The summed E-state index contributed by atoms with van der Waals surface area (Å²) in [6.07, 6.45) is 7.63. The molecule has 122 valence electrons. The lowest BCUT2D eigenvalue weighted by atomic mass is 9.88. The Hall–Kier alpha value is -0.420. The fourth-order valence-corrected chi connectivity index (χ4v) is 8.08. The van der Waals surface area contributed by atoms with E-state index in [9.17, 15) is 13.2 Å². The third-order valence-corrected chi connectivity index (χ3v) is 10.7. The van der Waals surface area contributed by atoms with E-state index < -0.39 is 14.0 Å². The molecule has 0 spiro atoms. The average molecular weight is 393 g/mol. The molecule has 1 fully saturated rings. The van der Waals surface area contributed by atoms with Gasteiger partial charge in [0.1, 0.15) is 0 Å². The fraction of sp³-hybridized carbons (Fsp3) is 0.529. The first kappa shape index (κ1) is 16.4. The van der Waals surface area contributed by atoms with Crippen LogP contribution in [0, 0.1) is 5.92 Å². The van der Waals surface area contributed by atoms with Crippen molar-refractivity contribution in [3.05, 3.63) is 34.2 Å². The van der Waals surface area contributed by atoms with Gasteiger partial charge in [-0.3, -0.25) is 0 Å². The van der Waals surface area contributed by atoms with Crippen molar-refractivity contribution >= 4 is 29.4 Å². The van der Waals surface area contributed by atoms with E-state index in [0.29, 0.717) is 9.80 Å². The molecule has 0 nitrogen and oxygen atoms in total. The van der Waals surface area contributed by atoms with Crippen LogP contribution < -0.4 is 0 Å². The van der Waals surface area contributed by atoms with Gasteiger partial charge in [0.05, 0.1) is 0 Å². The van der Waals surface area contributed by atoms with Gasteiger partial charge in [-0.05, 0) is 76.6 Å². The maximum atomic E-state index is 14.0. The van der Waals surface area contributed by atoms with Gasteiger partial charge in [0.2, 0.25) is 0 Å². The molecule has 1 aromatic rings. The van der Waals surface area contributed by atoms with E-state index in [1.54, 1.807) is 12.1 Å². The highest BCUT2D eigenvalue weighted by molar-refractivity contribution is 9.59. The molecule has 1 aliphatic heterocycles. The summed E-state index contributed by atoms with van der Waals surface area (Å²) in [5.41, 5.74) is -2.41. The summed E-state index contributed by atoms with van der Waals surface area (Å²) in [6.45, 7) is 2.00. The van der Waals surface area contributed by atoms with E-state index in [1.807, 2.05) is 19.1 Å². The van der Waals surface area contributed by atoms with Crippen molar-refractivity contribution in [1.29, 1.82) is 0 Å². The van der Waals surface area contributed by atoms with E-state index in [0.717, 1.165) is 49.7 Å². The Morgan fingerprint density at radius 1 is 1.18 bits per heavy atom. The van der Waals surface area contributed by atoms with Crippen LogP contribution in [0.25, 0.3) is 6.08 Å². The van der Waals surface area contributed by atoms with Crippen molar-refractivity contribution in [3.63, 3.8) is 0 Å². The summed E-state index contributed by atoms with van der Waals surface area (Å²) in [5, 5.41) is 0. The second-order valence-electron chi connectivity index (χ2n) is 6.05. The maximum absolute atomic E-state index is 14.0. The highest BCUT2D eigenvalue weighted by Gasteiger charge is 2.56. The molecule has 0 radical (unpaired) electrons. The number of fused-ring (bicyclic) bond motifs is 1. The largest absolute Gasteiger partial charge is 0.442 e. The molecular weight excluding hydrogens is 373 g/mol. The van der Waals surface area contributed by atoms with E-state index in [2.05, 4.69) is 14.8 Å². The van der Waals surface area contributed by atoms with Crippen LogP contribution in [0.4, 0.5) is 13.2 Å². The van der Waals surface area contributed by atoms with Gasteiger partial charge >= 0.3 is 5.51 Å². The highest BCUT2D eigenvalue weighted by atomic mass is 79.9. The zero-order chi connectivity index (χ0) is 16.0. The zero-order valence-electron chi connectivity index (χ0n) is 12.5. The van der Waals surface area contributed by atoms with Crippen molar-refractivity contribution < 1.29 is 13.2 Å². The number of benzene rings is 1. The molecule has 1 heterocycles. The zero-order valence-corrected chi connectivity index (χ0v) is 15.0. The maximum Gasteiger partial charge on any atom is 0.442 e. The van der Waals surface area contributed by atoms with Gasteiger partial charge in [-0.15, -0.1) is 0 Å². The molecule has 5 heteroatoms. The summed E-state index contributed by atoms with van der Waals surface area (Å²) >= 11 is 3.22. The van der Waals surface area contributed by atoms with Crippen LogP contribution in [0.15, 0.2) is 28.0 Å². The predicted octanol–water partition coefficient (Wildman–Crippen LogP) is 7.18. The van der Waals surface area contributed by atoms with Gasteiger partial charge in [0, 0.05) is 4.90 Å². The molecule has 22 heavy (non-hydrogen) atoms. The lowest BCUT2D eigenvalue weighted by Crippen LogP contribution is -2.20. The Morgan fingerprint density at radius 2 is 1.86 bits per heavy atom. The van der Waals surface area contributed by atoms with Crippen LogP contribution >= 0.6 is 23.3 Å². The van der Waals surface area contributed by atoms with E-state index in [4.69, 9.17) is 0 Å². The molecule has 0 saturated heterocycles. The summed E-state index contributed by atoms with van der Waals surface area (Å²) in [6, 6.07) is 5.38. The Balaban J connectivity index is 2.15. The SMILES string of the molecule is CCc1cccc2c1C=C(C1CCCCC1)S2(Br)C(F)(F)F. The molecule has 1 aromatic carbocycles. The van der Waals surface area contributed by atoms with Crippen molar-refractivity contribution in [1.82, 2.24) is 0 Å². The lowest BCUT2D eigenvalue weighted by molar-refractivity contribution is -0.0357. The first-order valence-electron chi connectivity index (χ1n) is 7.82. The van der Waals surface area contributed by atoms with Crippen LogP contribution in [-0.4, -0.2) is 5.51 Å². The topological polar surface area (TPSA) is 0 Å². The molecule has 1 saturated carbocycles. The van der Waals surface area contributed by atoms with Crippen LogP contribution in [-0.2, 0) is 6.42 Å². The third-order valence-electron chi connectivity index (χ3n) is 4.78. The second-order valence-corrected chi connectivity index (χ2v) is 11.4. The van der Waals surface area contributed by atoms with Gasteiger partial charge in [-0.1, -0.05) is 38.3 Å². The van der Waals surface area contributed by atoms with E-state index >= 15 is 0 Å². The average Bonchev–Trinajstić information content (AvgIpc) is 2.82. The first-order valence-corrected chi connectivity index (χ1v) is 11.3. The Kier molecular flexibility index (Phi) is 4.41. The molecule has 1 unspecified atom stereocenters. The van der Waals surface area contributed by atoms with Gasteiger partial charge in [-0.25, -0.2) is 0 Å². The van der Waals surface area contributed by atoms with Crippen LogP contribution in [0.1, 0.15) is 50.2 Å². The van der Waals surface area contributed by atoms with E-state index in [1.165, 1.54) is 0 Å². The molecule has 1 atom stereocenters. The summed E-state index contributed by atoms with van der Waals surface area (Å²) in [4.78, 5) is 1.07. The van der Waals surface area contributed by atoms with Crippen LogP contribution in [0.2, 0.25) is 0 Å². The minimum atomic E-state index is -4.24. The second kappa shape index (κ2) is 5.90. The highest BCUT2D eigenvalue weighted by Crippen LogP contribution is 2.82. The standard InChI is InChI=1S/C17H20BrF3S/c1-2-12-9-6-10-15-14(12)11-16(13-7-4-3-5-8-13)22(15,18)17(19,20)21/h6,9-11,13H,2-5,7-8H2,1H3. The smallest absolute Gasteiger partial charge is 0.160 e. The lowest BCUT2D eigenvalue weighted by Gasteiger charge is -2.39. The summed E-state index contributed by atoms with van der Waals surface area (Å²) < 4.78 is 42.0.